The summed E-state index contributed by atoms with van der Waals surface area (Å²) in [5.41, 5.74) is 0.970. The van der Waals surface area contributed by atoms with E-state index >= 15 is 0 Å². The van der Waals surface area contributed by atoms with E-state index in [0.29, 0.717) is 6.54 Å². The summed E-state index contributed by atoms with van der Waals surface area (Å²) in [5.74, 6) is -1.29. The molecule has 1 heterocycles. The highest BCUT2D eigenvalue weighted by atomic mass is 35.5. The van der Waals surface area contributed by atoms with E-state index < -0.39 is 43.9 Å². The largest absolute Gasteiger partial charge is 0.459 e. The highest BCUT2D eigenvalue weighted by Gasteiger charge is 2.43. The van der Waals surface area contributed by atoms with Crippen LogP contribution in [0.2, 0.25) is 18.1 Å². The average molecular weight is 512 g/mol. The summed E-state index contributed by atoms with van der Waals surface area (Å²) in [4.78, 5) is 38.9. The number of hydrogen-bond donors (Lipinski definition) is 0. The Morgan fingerprint density at radius 3 is 2.06 bits per heavy atom. The maximum absolute atomic E-state index is 13.4. The molecule has 190 valence electrons. The molecule has 0 spiro atoms. The second kappa shape index (κ2) is 11.7. The first-order valence-corrected chi connectivity index (χ1v) is 15.0. The quantitative estimate of drug-likeness (QED) is 0.313. The first-order chi connectivity index (χ1) is 15.7. The Labute approximate surface area is 209 Å². The van der Waals surface area contributed by atoms with Gasteiger partial charge in [-0.15, -0.1) is 11.6 Å². The maximum atomic E-state index is 13.4. The fourth-order valence-corrected chi connectivity index (χ4v) is 5.45. The van der Waals surface area contributed by atoms with Crippen LogP contribution in [-0.4, -0.2) is 61.3 Å². The third-order valence-electron chi connectivity index (χ3n) is 6.47. The molecule has 0 bridgehead atoms. The number of nitrogens with zero attached hydrogens (tertiary/aromatic N) is 1. The van der Waals surface area contributed by atoms with Crippen molar-refractivity contribution in [3.8, 4) is 0 Å². The lowest BCUT2D eigenvalue weighted by Gasteiger charge is -2.41. The zero-order chi connectivity index (χ0) is 25.7. The predicted octanol–water partition coefficient (Wildman–Crippen LogP) is 4.67. The number of ether oxygens (including phenoxy) is 2. The van der Waals surface area contributed by atoms with Gasteiger partial charge in [-0.3, -0.25) is 14.4 Å². The summed E-state index contributed by atoms with van der Waals surface area (Å²) >= 11 is 6.56. The SMILES string of the molecule is CC(=O)O[C@H]1C[C@@H](O[Si](C)(C)C(C)(C)C)CN(Cc2ccccc2)C(=O)[C@H](Cl)C[C@@H]1OC(C)=O. The minimum absolute atomic E-state index is 0.0377. The Balaban J connectivity index is 2.47. The predicted molar refractivity (Wildman–Crippen MR) is 134 cm³/mol. The van der Waals surface area contributed by atoms with Crippen molar-refractivity contribution in [2.24, 2.45) is 0 Å². The molecule has 0 saturated carbocycles. The smallest absolute Gasteiger partial charge is 0.303 e. The van der Waals surface area contributed by atoms with Crippen LogP contribution >= 0.6 is 11.6 Å². The molecule has 7 nitrogen and oxygen atoms in total. The van der Waals surface area contributed by atoms with Crippen LogP contribution in [0, 0.1) is 0 Å². The van der Waals surface area contributed by atoms with Gasteiger partial charge in [0.05, 0.1) is 6.10 Å². The number of amides is 1. The van der Waals surface area contributed by atoms with Crippen LogP contribution < -0.4 is 0 Å². The monoisotopic (exact) mass is 511 g/mol. The second-order valence-electron chi connectivity index (χ2n) is 10.4. The van der Waals surface area contributed by atoms with Crippen molar-refractivity contribution >= 4 is 37.8 Å². The van der Waals surface area contributed by atoms with Gasteiger partial charge >= 0.3 is 11.9 Å². The van der Waals surface area contributed by atoms with Gasteiger partial charge in [-0.1, -0.05) is 51.1 Å². The van der Waals surface area contributed by atoms with Crippen LogP contribution in [0.3, 0.4) is 0 Å². The number of hydrogen-bond acceptors (Lipinski definition) is 6. The van der Waals surface area contributed by atoms with Crippen LogP contribution in [0.15, 0.2) is 30.3 Å². The van der Waals surface area contributed by atoms with Gasteiger partial charge < -0.3 is 18.8 Å². The van der Waals surface area contributed by atoms with Crippen LogP contribution in [0.5, 0.6) is 0 Å². The third-order valence-corrected chi connectivity index (χ3v) is 11.4. The summed E-state index contributed by atoms with van der Waals surface area (Å²) in [7, 11) is -2.25. The molecule has 0 aliphatic carbocycles. The molecular weight excluding hydrogens is 474 g/mol. The van der Waals surface area contributed by atoms with Gasteiger partial charge in [-0.2, -0.15) is 0 Å². The minimum Gasteiger partial charge on any atom is -0.459 e. The fourth-order valence-electron chi connectivity index (χ4n) is 3.78. The van der Waals surface area contributed by atoms with Gasteiger partial charge in [-0.05, 0) is 23.7 Å². The Kier molecular flexibility index (Phi) is 9.74. The Hall–Kier alpha value is -1.90. The van der Waals surface area contributed by atoms with E-state index in [1.807, 2.05) is 30.3 Å². The van der Waals surface area contributed by atoms with E-state index in [4.69, 9.17) is 25.5 Å². The van der Waals surface area contributed by atoms with Gasteiger partial charge in [-0.25, -0.2) is 0 Å². The van der Waals surface area contributed by atoms with Crippen LogP contribution in [0.1, 0.15) is 53.0 Å². The lowest BCUT2D eigenvalue weighted by molar-refractivity contribution is -0.167. The summed E-state index contributed by atoms with van der Waals surface area (Å²) in [6.45, 7) is 13.9. The van der Waals surface area contributed by atoms with Crippen molar-refractivity contribution in [1.29, 1.82) is 0 Å². The van der Waals surface area contributed by atoms with Gasteiger partial charge in [0.1, 0.15) is 17.6 Å². The maximum Gasteiger partial charge on any atom is 0.303 e. The highest BCUT2D eigenvalue weighted by Crippen LogP contribution is 2.38. The molecule has 0 aromatic heterocycles. The van der Waals surface area contributed by atoms with Gasteiger partial charge in [0.25, 0.3) is 0 Å². The summed E-state index contributed by atoms with van der Waals surface area (Å²) in [6, 6.07) is 9.67. The van der Waals surface area contributed by atoms with E-state index in [0.717, 1.165) is 5.56 Å². The van der Waals surface area contributed by atoms with Crippen molar-refractivity contribution < 1.29 is 28.3 Å². The molecule has 4 atom stereocenters. The molecule has 1 aromatic carbocycles. The lowest BCUT2D eigenvalue weighted by atomic mass is 10.0. The molecule has 1 aromatic rings. The summed E-state index contributed by atoms with van der Waals surface area (Å²) in [6.07, 6.45) is -1.74. The van der Waals surface area contributed by atoms with Crippen molar-refractivity contribution in [3.05, 3.63) is 35.9 Å². The number of carbonyl (C=O) groups excluding carboxylic acids is 3. The first kappa shape index (κ1) is 28.3. The molecule has 1 fully saturated rings. The number of benzene rings is 1. The molecule has 34 heavy (non-hydrogen) atoms. The van der Waals surface area contributed by atoms with Gasteiger partial charge in [0, 0.05) is 39.8 Å². The highest BCUT2D eigenvalue weighted by molar-refractivity contribution is 6.74. The van der Waals surface area contributed by atoms with E-state index in [2.05, 4.69) is 33.9 Å². The van der Waals surface area contributed by atoms with E-state index in [-0.39, 0.29) is 30.3 Å². The molecule has 1 saturated heterocycles. The zero-order valence-corrected chi connectivity index (χ0v) is 23.1. The molecule has 0 N–H and O–H groups in total. The molecule has 1 aliphatic heterocycles. The number of halogens is 1. The Morgan fingerprint density at radius 2 is 1.56 bits per heavy atom. The zero-order valence-electron chi connectivity index (χ0n) is 21.3. The van der Waals surface area contributed by atoms with Crippen molar-refractivity contribution in [1.82, 2.24) is 4.90 Å². The Morgan fingerprint density at radius 1 is 1.03 bits per heavy atom. The fraction of sp³-hybridized carbons (Fsp3) is 0.640. The number of esters is 2. The second-order valence-corrected chi connectivity index (χ2v) is 15.7. The Bertz CT molecular complexity index is 857. The summed E-state index contributed by atoms with van der Waals surface area (Å²) in [5, 5.41) is -1.02. The number of rotatable bonds is 6. The third kappa shape index (κ3) is 8.10. The van der Waals surface area contributed by atoms with E-state index in [1.54, 1.807) is 4.90 Å². The van der Waals surface area contributed by atoms with Crippen LogP contribution in [0.4, 0.5) is 0 Å². The molecule has 0 radical (unpaired) electrons. The van der Waals surface area contributed by atoms with Crippen molar-refractivity contribution in [3.63, 3.8) is 0 Å². The van der Waals surface area contributed by atoms with E-state index in [1.165, 1.54) is 13.8 Å². The molecular formula is C25H38ClNO6Si. The standard InChI is InChI=1S/C25H38ClNO6Si/c1-17(28)31-22-13-20(33-34(6,7)25(3,4)5)16-27(15-19-11-9-8-10-12-19)24(30)21(26)14-23(22)32-18(2)29/h8-12,20-23H,13-16H2,1-7H3/t20-,21-,22+,23+/m1/s1. The molecule has 2 rings (SSSR count). The van der Waals surface area contributed by atoms with Gasteiger partial charge in [0.15, 0.2) is 8.32 Å². The van der Waals surface area contributed by atoms with Crippen LogP contribution in [-0.2, 0) is 34.8 Å². The molecule has 1 aliphatic rings. The van der Waals surface area contributed by atoms with E-state index in [9.17, 15) is 14.4 Å². The topological polar surface area (TPSA) is 82.1 Å². The number of alkyl halides is 1. The average Bonchev–Trinajstić information content (AvgIpc) is 2.73. The summed E-state index contributed by atoms with van der Waals surface area (Å²) < 4.78 is 17.8. The molecule has 1 amide bonds. The first-order valence-electron chi connectivity index (χ1n) is 11.7. The number of carbonyl (C=O) groups is 3. The minimum atomic E-state index is -2.25. The molecule has 9 heteroatoms. The van der Waals surface area contributed by atoms with Crippen LogP contribution in [0.25, 0.3) is 0 Å². The normalized spacial score (nSPS) is 24.6. The van der Waals surface area contributed by atoms with Gasteiger partial charge in [0.2, 0.25) is 5.91 Å². The lowest BCUT2D eigenvalue weighted by Crippen LogP contribution is -2.49. The van der Waals surface area contributed by atoms with Crippen molar-refractivity contribution in [2.45, 2.75) is 95.8 Å². The molecule has 0 unspecified atom stereocenters. The van der Waals surface area contributed by atoms with Crippen molar-refractivity contribution in [2.75, 3.05) is 6.54 Å².